The van der Waals surface area contributed by atoms with Crippen LogP contribution in [0.5, 0.6) is 0 Å². The minimum Gasteiger partial charge on any atom is -0.394 e. The van der Waals surface area contributed by atoms with Crippen molar-refractivity contribution in [1.82, 2.24) is 0 Å². The first kappa shape index (κ1) is 16.9. The Labute approximate surface area is 138 Å². The Morgan fingerprint density at radius 2 is 0.880 bits per heavy atom. The maximum atomic E-state index is 14.3. The first-order valence-electron chi connectivity index (χ1n) is 6.98. The van der Waals surface area contributed by atoms with Gasteiger partial charge in [0.25, 0.3) is 0 Å². The van der Waals surface area contributed by atoms with Crippen molar-refractivity contribution in [3.05, 3.63) is 77.4 Å². The third-order valence-electron chi connectivity index (χ3n) is 3.66. The van der Waals surface area contributed by atoms with E-state index >= 15 is 0 Å². The van der Waals surface area contributed by atoms with Crippen LogP contribution in [0.1, 0.15) is 0 Å². The van der Waals surface area contributed by atoms with Crippen molar-refractivity contribution in [2.45, 2.75) is 0 Å². The number of nitrogens with two attached hydrogens (primary N) is 1. The smallest absolute Gasteiger partial charge is 0.149 e. The van der Waals surface area contributed by atoms with E-state index in [-0.39, 0.29) is 5.56 Å². The Bertz CT molecular complexity index is 917. The molecule has 0 saturated carbocycles. The van der Waals surface area contributed by atoms with Gasteiger partial charge < -0.3 is 5.73 Å². The molecular weight excluding hydrogens is 344 g/mol. The molecular formula is C18H9F6N. The van der Waals surface area contributed by atoms with Crippen molar-refractivity contribution < 1.29 is 26.3 Å². The molecule has 0 bridgehead atoms. The zero-order chi connectivity index (χ0) is 18.3. The third-order valence-corrected chi connectivity index (χ3v) is 3.66. The number of rotatable bonds is 2. The van der Waals surface area contributed by atoms with E-state index in [0.717, 1.165) is 18.2 Å². The molecule has 0 aliphatic heterocycles. The standard InChI is InChI=1S/C18H9F6N/c19-10-2-1-3-11(20)16(10)8-4-12(21)17(13(22)5-8)9-6-14(23)18(25)15(24)7-9/h1-7H,25H2. The van der Waals surface area contributed by atoms with Crippen molar-refractivity contribution in [1.29, 1.82) is 0 Å². The van der Waals surface area contributed by atoms with Gasteiger partial charge >= 0.3 is 0 Å². The summed E-state index contributed by atoms with van der Waals surface area (Å²) in [5, 5.41) is 0. The molecule has 1 nitrogen and oxygen atoms in total. The Balaban J connectivity index is 2.20. The van der Waals surface area contributed by atoms with Crippen LogP contribution in [0, 0.1) is 34.9 Å². The highest BCUT2D eigenvalue weighted by molar-refractivity contribution is 5.73. The number of hydrogen-bond donors (Lipinski definition) is 1. The Kier molecular flexibility index (Phi) is 4.16. The molecule has 0 unspecified atom stereocenters. The fraction of sp³-hybridized carbons (Fsp3) is 0. The van der Waals surface area contributed by atoms with Gasteiger partial charge in [0.15, 0.2) is 0 Å². The van der Waals surface area contributed by atoms with E-state index in [0.29, 0.717) is 24.3 Å². The van der Waals surface area contributed by atoms with Gasteiger partial charge in [-0.25, -0.2) is 26.3 Å². The molecule has 0 amide bonds. The number of benzene rings is 3. The summed E-state index contributed by atoms with van der Waals surface area (Å²) in [6, 6.07) is 5.69. The lowest BCUT2D eigenvalue weighted by Gasteiger charge is -2.11. The summed E-state index contributed by atoms with van der Waals surface area (Å²) in [7, 11) is 0. The molecule has 0 spiro atoms. The average molecular weight is 353 g/mol. The maximum absolute atomic E-state index is 14.3. The summed E-state index contributed by atoms with van der Waals surface area (Å²) >= 11 is 0. The minimum absolute atomic E-state index is 0.384. The Morgan fingerprint density at radius 3 is 1.32 bits per heavy atom. The second-order valence-corrected chi connectivity index (χ2v) is 5.27. The highest BCUT2D eigenvalue weighted by Gasteiger charge is 2.20. The second kappa shape index (κ2) is 6.16. The van der Waals surface area contributed by atoms with Gasteiger partial charge in [0, 0.05) is 0 Å². The van der Waals surface area contributed by atoms with Crippen LogP contribution in [0.2, 0.25) is 0 Å². The molecule has 3 rings (SSSR count). The molecule has 0 atom stereocenters. The number of anilines is 1. The van der Waals surface area contributed by atoms with E-state index in [2.05, 4.69) is 0 Å². The van der Waals surface area contributed by atoms with Crippen LogP contribution >= 0.6 is 0 Å². The van der Waals surface area contributed by atoms with Crippen LogP contribution in [0.3, 0.4) is 0 Å². The highest BCUT2D eigenvalue weighted by Crippen LogP contribution is 2.34. The minimum atomic E-state index is -1.23. The lowest BCUT2D eigenvalue weighted by molar-refractivity contribution is 0.579. The molecule has 0 aliphatic carbocycles. The third kappa shape index (κ3) is 2.93. The van der Waals surface area contributed by atoms with E-state index in [1.165, 1.54) is 0 Å². The average Bonchev–Trinajstić information content (AvgIpc) is 2.51. The zero-order valence-corrected chi connectivity index (χ0v) is 12.4. The van der Waals surface area contributed by atoms with E-state index < -0.39 is 57.3 Å². The highest BCUT2D eigenvalue weighted by atomic mass is 19.2. The lowest BCUT2D eigenvalue weighted by Crippen LogP contribution is -1.99. The van der Waals surface area contributed by atoms with E-state index in [1.54, 1.807) is 0 Å². The largest absolute Gasteiger partial charge is 0.394 e. The fourth-order valence-corrected chi connectivity index (χ4v) is 2.50. The number of nitrogen functional groups attached to an aromatic ring is 1. The first-order chi connectivity index (χ1) is 11.8. The monoisotopic (exact) mass is 353 g/mol. The van der Waals surface area contributed by atoms with Gasteiger partial charge in [-0.1, -0.05) is 6.07 Å². The van der Waals surface area contributed by atoms with Crippen molar-refractivity contribution in [3.8, 4) is 22.3 Å². The summed E-state index contributed by atoms with van der Waals surface area (Å²) in [4.78, 5) is 0. The van der Waals surface area contributed by atoms with Crippen molar-refractivity contribution >= 4 is 5.69 Å². The van der Waals surface area contributed by atoms with Gasteiger partial charge in [0.1, 0.15) is 40.6 Å². The summed E-state index contributed by atoms with van der Waals surface area (Å²) < 4.78 is 83.3. The molecule has 0 heterocycles. The molecule has 0 radical (unpaired) electrons. The molecule has 0 aliphatic rings. The molecule has 3 aromatic rings. The fourth-order valence-electron chi connectivity index (χ4n) is 2.50. The van der Waals surface area contributed by atoms with E-state index in [9.17, 15) is 26.3 Å². The van der Waals surface area contributed by atoms with Gasteiger partial charge in [-0.15, -0.1) is 0 Å². The normalized spacial score (nSPS) is 11.0. The predicted molar refractivity (Wildman–Crippen MR) is 81.5 cm³/mol. The maximum Gasteiger partial charge on any atom is 0.149 e. The molecule has 2 N–H and O–H groups in total. The SMILES string of the molecule is Nc1c(F)cc(-c2c(F)cc(-c3c(F)cccc3F)cc2F)cc1F. The van der Waals surface area contributed by atoms with Crippen LogP contribution in [0.25, 0.3) is 22.3 Å². The second-order valence-electron chi connectivity index (χ2n) is 5.27. The summed E-state index contributed by atoms with van der Waals surface area (Å²) in [6.07, 6.45) is 0. The topological polar surface area (TPSA) is 26.0 Å². The van der Waals surface area contributed by atoms with Gasteiger partial charge in [0.05, 0.1) is 11.1 Å². The van der Waals surface area contributed by atoms with Crippen molar-refractivity contribution in [2.75, 3.05) is 5.73 Å². The van der Waals surface area contributed by atoms with Gasteiger partial charge in [-0.3, -0.25) is 0 Å². The van der Waals surface area contributed by atoms with Crippen molar-refractivity contribution in [2.24, 2.45) is 0 Å². The van der Waals surface area contributed by atoms with Crippen LogP contribution in [0.15, 0.2) is 42.5 Å². The molecule has 25 heavy (non-hydrogen) atoms. The summed E-state index contributed by atoms with van der Waals surface area (Å²) in [5.74, 6) is -6.84. The summed E-state index contributed by atoms with van der Waals surface area (Å²) in [6.45, 7) is 0. The van der Waals surface area contributed by atoms with Gasteiger partial charge in [-0.05, 0) is 47.5 Å². The molecule has 128 valence electrons. The first-order valence-corrected chi connectivity index (χ1v) is 6.98. The van der Waals surface area contributed by atoms with Crippen LogP contribution in [0.4, 0.5) is 32.0 Å². The lowest BCUT2D eigenvalue weighted by atomic mass is 9.98. The molecule has 0 aromatic heterocycles. The quantitative estimate of drug-likeness (QED) is 0.482. The van der Waals surface area contributed by atoms with E-state index in [4.69, 9.17) is 5.73 Å². The molecule has 0 saturated heterocycles. The Morgan fingerprint density at radius 1 is 0.520 bits per heavy atom. The van der Waals surface area contributed by atoms with E-state index in [1.807, 2.05) is 0 Å². The molecule has 7 heteroatoms. The predicted octanol–water partition coefficient (Wildman–Crippen LogP) is 5.44. The number of halogens is 6. The van der Waals surface area contributed by atoms with Crippen LogP contribution in [-0.4, -0.2) is 0 Å². The summed E-state index contributed by atoms with van der Waals surface area (Å²) in [5.41, 5.74) is 2.17. The zero-order valence-electron chi connectivity index (χ0n) is 12.4. The van der Waals surface area contributed by atoms with Crippen LogP contribution < -0.4 is 5.73 Å². The Hall–Kier alpha value is -2.96. The molecule has 0 fully saturated rings. The number of hydrogen-bond acceptors (Lipinski definition) is 1. The molecule has 3 aromatic carbocycles. The van der Waals surface area contributed by atoms with Crippen LogP contribution in [-0.2, 0) is 0 Å². The van der Waals surface area contributed by atoms with Crippen molar-refractivity contribution in [3.63, 3.8) is 0 Å². The van der Waals surface area contributed by atoms with Gasteiger partial charge in [0.2, 0.25) is 0 Å². The van der Waals surface area contributed by atoms with Gasteiger partial charge in [-0.2, -0.15) is 0 Å².